The summed E-state index contributed by atoms with van der Waals surface area (Å²) in [6.07, 6.45) is 5.73. The van der Waals surface area contributed by atoms with Crippen LogP contribution in [0.5, 0.6) is 0 Å². The predicted molar refractivity (Wildman–Crippen MR) is 120 cm³/mol. The van der Waals surface area contributed by atoms with Crippen LogP contribution >= 0.6 is 0 Å². The van der Waals surface area contributed by atoms with Crippen LogP contribution in [0, 0.1) is 0 Å². The van der Waals surface area contributed by atoms with E-state index < -0.39 is 9.84 Å². The van der Waals surface area contributed by atoms with Gasteiger partial charge in [0.05, 0.1) is 15.9 Å². The largest absolute Gasteiger partial charge is 0.327 e. The number of carbonyl (C=O) groups excluding carboxylic acids is 1. The molecule has 7 heteroatoms. The Kier molecular flexibility index (Phi) is 7.26. The first-order valence-corrected chi connectivity index (χ1v) is 12.1. The van der Waals surface area contributed by atoms with Gasteiger partial charge in [0.15, 0.2) is 9.84 Å². The van der Waals surface area contributed by atoms with Gasteiger partial charge in [-0.1, -0.05) is 44.7 Å². The average Bonchev–Trinajstić information content (AvgIpc) is 3.04. The summed E-state index contributed by atoms with van der Waals surface area (Å²) in [5, 5.41) is 2.65. The maximum atomic E-state index is 13.0. The average molecular weight is 428 g/mol. The van der Waals surface area contributed by atoms with Gasteiger partial charge < -0.3 is 9.88 Å². The highest BCUT2D eigenvalue weighted by Crippen LogP contribution is 2.23. The SMILES string of the molecule is CCCCCCCn1c(CS(=O)(=O)c2ccc(NC(C)=O)cc2)nc2ccccc21. The van der Waals surface area contributed by atoms with Crippen LogP contribution < -0.4 is 5.32 Å². The van der Waals surface area contributed by atoms with Crippen LogP contribution in [0.15, 0.2) is 53.4 Å². The molecule has 0 saturated carbocycles. The number of benzene rings is 2. The lowest BCUT2D eigenvalue weighted by atomic mass is 10.1. The highest BCUT2D eigenvalue weighted by atomic mass is 32.2. The molecule has 3 rings (SSSR count). The quantitative estimate of drug-likeness (QED) is 0.465. The number of hydrogen-bond acceptors (Lipinski definition) is 4. The first-order chi connectivity index (χ1) is 14.4. The molecule has 1 amide bonds. The third-order valence-corrected chi connectivity index (χ3v) is 6.70. The summed E-state index contributed by atoms with van der Waals surface area (Å²) in [4.78, 5) is 16.0. The topological polar surface area (TPSA) is 81.1 Å². The predicted octanol–water partition coefficient (Wildman–Crippen LogP) is 4.94. The van der Waals surface area contributed by atoms with Gasteiger partial charge in [-0.15, -0.1) is 0 Å². The molecule has 0 spiro atoms. The normalized spacial score (nSPS) is 11.7. The molecule has 160 valence electrons. The lowest BCUT2D eigenvalue weighted by Crippen LogP contribution is -2.12. The van der Waals surface area contributed by atoms with Crippen LogP contribution in [0.2, 0.25) is 0 Å². The van der Waals surface area contributed by atoms with Crippen molar-refractivity contribution in [3.63, 3.8) is 0 Å². The number of amides is 1. The van der Waals surface area contributed by atoms with Gasteiger partial charge in [-0.2, -0.15) is 0 Å². The van der Waals surface area contributed by atoms with Crippen molar-refractivity contribution < 1.29 is 13.2 Å². The van der Waals surface area contributed by atoms with Crippen molar-refractivity contribution in [2.45, 2.75) is 63.1 Å². The van der Waals surface area contributed by atoms with Crippen molar-refractivity contribution in [2.75, 3.05) is 5.32 Å². The Morgan fingerprint density at radius 1 is 1.00 bits per heavy atom. The number of nitrogens with one attached hydrogen (secondary N) is 1. The number of carbonyl (C=O) groups is 1. The van der Waals surface area contributed by atoms with E-state index in [9.17, 15) is 13.2 Å². The van der Waals surface area contributed by atoms with E-state index in [-0.39, 0.29) is 16.6 Å². The van der Waals surface area contributed by atoms with E-state index in [0.29, 0.717) is 11.5 Å². The second-order valence-corrected chi connectivity index (χ2v) is 9.54. The summed E-state index contributed by atoms with van der Waals surface area (Å²) in [5.41, 5.74) is 2.36. The molecule has 0 saturated heterocycles. The molecule has 0 fully saturated rings. The third kappa shape index (κ3) is 5.48. The van der Waals surface area contributed by atoms with E-state index in [2.05, 4.69) is 17.2 Å². The molecule has 0 radical (unpaired) electrons. The van der Waals surface area contributed by atoms with Gasteiger partial charge in [-0.05, 0) is 42.8 Å². The van der Waals surface area contributed by atoms with E-state index in [1.165, 1.54) is 38.3 Å². The second-order valence-electron chi connectivity index (χ2n) is 7.55. The monoisotopic (exact) mass is 427 g/mol. The first kappa shape index (κ1) is 22.0. The summed E-state index contributed by atoms with van der Waals surface area (Å²) in [7, 11) is -3.56. The van der Waals surface area contributed by atoms with Gasteiger partial charge in [0, 0.05) is 19.2 Å². The number of anilines is 1. The maximum Gasteiger partial charge on any atom is 0.221 e. The first-order valence-electron chi connectivity index (χ1n) is 10.5. The third-order valence-electron chi connectivity index (χ3n) is 5.07. The van der Waals surface area contributed by atoms with Crippen molar-refractivity contribution >= 4 is 32.5 Å². The Morgan fingerprint density at radius 2 is 1.70 bits per heavy atom. The fraction of sp³-hybridized carbons (Fsp3) is 0.391. The summed E-state index contributed by atoms with van der Waals surface area (Å²) < 4.78 is 28.1. The summed E-state index contributed by atoms with van der Waals surface area (Å²) in [6.45, 7) is 4.36. The number of fused-ring (bicyclic) bond motifs is 1. The minimum absolute atomic E-state index is 0.157. The molecule has 0 atom stereocenters. The minimum Gasteiger partial charge on any atom is -0.327 e. The number of nitrogens with zero attached hydrogens (tertiary/aromatic N) is 2. The Balaban J connectivity index is 1.82. The van der Waals surface area contributed by atoms with Gasteiger partial charge in [0.2, 0.25) is 5.91 Å². The number of sulfone groups is 1. The van der Waals surface area contributed by atoms with E-state index in [1.807, 2.05) is 28.8 Å². The molecule has 1 N–H and O–H groups in total. The molecule has 0 aliphatic heterocycles. The molecule has 30 heavy (non-hydrogen) atoms. The molecule has 1 aromatic heterocycles. The molecule has 0 unspecified atom stereocenters. The van der Waals surface area contributed by atoms with Crippen molar-refractivity contribution in [3.05, 3.63) is 54.4 Å². The lowest BCUT2D eigenvalue weighted by molar-refractivity contribution is -0.114. The summed E-state index contributed by atoms with van der Waals surface area (Å²) in [5.74, 6) is 0.215. The fourth-order valence-corrected chi connectivity index (χ4v) is 4.84. The molecule has 0 aliphatic carbocycles. The number of para-hydroxylation sites is 2. The second kappa shape index (κ2) is 9.89. The van der Waals surface area contributed by atoms with Crippen LogP contribution in [0.4, 0.5) is 5.69 Å². The van der Waals surface area contributed by atoms with E-state index in [1.54, 1.807) is 12.1 Å². The van der Waals surface area contributed by atoms with Gasteiger partial charge in [0.1, 0.15) is 11.6 Å². The number of aromatic nitrogens is 2. The Hall–Kier alpha value is -2.67. The standard InChI is InChI=1S/C23H29N3O3S/c1-3-4-5-6-9-16-26-22-11-8-7-10-21(22)25-23(26)17-30(28,29)20-14-12-19(13-15-20)24-18(2)27/h7-8,10-15H,3-6,9,16-17H2,1-2H3,(H,24,27). The molecule has 3 aromatic rings. The van der Waals surface area contributed by atoms with Crippen molar-refractivity contribution in [1.82, 2.24) is 9.55 Å². The molecule has 1 heterocycles. The van der Waals surface area contributed by atoms with Crippen LogP contribution in [-0.4, -0.2) is 23.9 Å². The number of hydrogen-bond donors (Lipinski definition) is 1. The summed E-state index contributed by atoms with van der Waals surface area (Å²) >= 11 is 0. The number of aryl methyl sites for hydroxylation is 1. The minimum atomic E-state index is -3.56. The van der Waals surface area contributed by atoms with Crippen molar-refractivity contribution in [1.29, 1.82) is 0 Å². The van der Waals surface area contributed by atoms with Gasteiger partial charge in [-0.3, -0.25) is 4.79 Å². The molecular weight excluding hydrogens is 398 g/mol. The Labute approximate surface area is 178 Å². The smallest absolute Gasteiger partial charge is 0.221 e. The Morgan fingerprint density at radius 3 is 2.40 bits per heavy atom. The van der Waals surface area contributed by atoms with E-state index in [0.717, 1.165) is 30.4 Å². The number of unbranched alkanes of at least 4 members (excludes halogenated alkanes) is 4. The maximum absolute atomic E-state index is 13.0. The van der Waals surface area contributed by atoms with Crippen LogP contribution in [0.25, 0.3) is 11.0 Å². The zero-order chi connectivity index (χ0) is 21.6. The van der Waals surface area contributed by atoms with E-state index in [4.69, 9.17) is 0 Å². The van der Waals surface area contributed by atoms with Gasteiger partial charge in [-0.25, -0.2) is 13.4 Å². The molecule has 2 aromatic carbocycles. The van der Waals surface area contributed by atoms with Gasteiger partial charge in [0.25, 0.3) is 0 Å². The van der Waals surface area contributed by atoms with Gasteiger partial charge >= 0.3 is 0 Å². The zero-order valence-corrected chi connectivity index (χ0v) is 18.4. The van der Waals surface area contributed by atoms with E-state index >= 15 is 0 Å². The lowest BCUT2D eigenvalue weighted by Gasteiger charge is -2.10. The Bertz CT molecular complexity index is 1100. The molecule has 6 nitrogen and oxygen atoms in total. The van der Waals surface area contributed by atoms with Crippen LogP contribution in [-0.2, 0) is 26.9 Å². The number of rotatable bonds is 10. The summed E-state index contributed by atoms with van der Waals surface area (Å²) in [6, 6.07) is 14.0. The molecule has 0 aliphatic rings. The highest BCUT2D eigenvalue weighted by molar-refractivity contribution is 7.90. The molecular formula is C23H29N3O3S. The fourth-order valence-electron chi connectivity index (χ4n) is 3.56. The highest BCUT2D eigenvalue weighted by Gasteiger charge is 2.20. The number of imidazole rings is 1. The zero-order valence-electron chi connectivity index (χ0n) is 17.6. The molecule has 0 bridgehead atoms. The van der Waals surface area contributed by atoms with Crippen LogP contribution in [0.1, 0.15) is 51.8 Å². The van der Waals surface area contributed by atoms with Crippen LogP contribution in [0.3, 0.4) is 0 Å². The van der Waals surface area contributed by atoms with Crippen molar-refractivity contribution in [3.8, 4) is 0 Å². The van der Waals surface area contributed by atoms with Crippen molar-refractivity contribution in [2.24, 2.45) is 0 Å².